The smallest absolute Gasteiger partial charge is 0.243 e. The van der Waals surface area contributed by atoms with E-state index in [2.05, 4.69) is 5.32 Å². The van der Waals surface area contributed by atoms with E-state index in [0.717, 1.165) is 24.8 Å². The van der Waals surface area contributed by atoms with Crippen molar-refractivity contribution in [1.82, 2.24) is 9.62 Å². The number of sulfonamides is 1. The fourth-order valence-corrected chi connectivity index (χ4v) is 5.60. The molecule has 1 saturated heterocycles. The van der Waals surface area contributed by atoms with Crippen LogP contribution in [0.5, 0.6) is 5.75 Å². The van der Waals surface area contributed by atoms with Crippen molar-refractivity contribution in [2.45, 2.75) is 43.5 Å². The first-order valence-corrected chi connectivity index (χ1v) is 12.4. The molecule has 1 N–H and O–H groups in total. The molecule has 0 aromatic heterocycles. The first-order chi connectivity index (χ1) is 14.8. The fourth-order valence-electron chi connectivity index (χ4n) is 3.56. The van der Waals surface area contributed by atoms with Gasteiger partial charge in [0.05, 0.1) is 12.0 Å². The number of halogens is 2. The average molecular weight is 485 g/mol. The molecule has 1 aliphatic rings. The number of nitrogens with zero attached hydrogens (tertiary/aromatic N) is 1. The summed E-state index contributed by atoms with van der Waals surface area (Å²) in [6.45, 7) is 1.37. The van der Waals surface area contributed by atoms with E-state index < -0.39 is 10.0 Å². The largest absolute Gasteiger partial charge is 0.496 e. The normalized spacial score (nSPS) is 14.9. The summed E-state index contributed by atoms with van der Waals surface area (Å²) in [5, 5.41) is 3.85. The van der Waals surface area contributed by atoms with Crippen molar-refractivity contribution in [1.29, 1.82) is 0 Å². The number of ether oxygens (including phenoxy) is 1. The van der Waals surface area contributed by atoms with Crippen LogP contribution in [0.1, 0.15) is 36.8 Å². The molecule has 0 aliphatic carbocycles. The van der Waals surface area contributed by atoms with Crippen molar-refractivity contribution in [3.63, 3.8) is 0 Å². The van der Waals surface area contributed by atoms with Gasteiger partial charge in [0.15, 0.2) is 0 Å². The number of piperidine rings is 1. The second-order valence-corrected chi connectivity index (χ2v) is 10.2. The third-order valence-electron chi connectivity index (χ3n) is 5.32. The Balaban J connectivity index is 1.66. The molecule has 0 unspecified atom stereocenters. The summed E-state index contributed by atoms with van der Waals surface area (Å²) in [6.07, 6.45) is 3.35. The average Bonchev–Trinajstić information content (AvgIpc) is 2.77. The van der Waals surface area contributed by atoms with Gasteiger partial charge in [-0.15, -0.1) is 0 Å². The molecule has 0 saturated carbocycles. The highest BCUT2D eigenvalue weighted by Crippen LogP contribution is 2.27. The highest BCUT2D eigenvalue weighted by Gasteiger charge is 2.26. The SMILES string of the molecule is COc1ccc(S(=O)(=O)N2CCCCC2)cc1CCC(=O)NCc1ccc(Cl)cc1Cl. The van der Waals surface area contributed by atoms with E-state index in [-0.39, 0.29) is 23.8 Å². The van der Waals surface area contributed by atoms with Gasteiger partial charge in [-0.25, -0.2) is 8.42 Å². The molecule has 1 heterocycles. The molecule has 0 spiro atoms. The van der Waals surface area contributed by atoms with E-state index in [1.807, 2.05) is 0 Å². The van der Waals surface area contributed by atoms with Crippen LogP contribution in [0.3, 0.4) is 0 Å². The number of carbonyl (C=O) groups is 1. The minimum Gasteiger partial charge on any atom is -0.496 e. The molecule has 0 bridgehead atoms. The first kappa shape index (κ1) is 23.9. The van der Waals surface area contributed by atoms with Gasteiger partial charge in [-0.1, -0.05) is 35.7 Å². The Hall–Kier alpha value is -1.80. The zero-order chi connectivity index (χ0) is 22.4. The topological polar surface area (TPSA) is 75.7 Å². The molecule has 1 fully saturated rings. The van der Waals surface area contributed by atoms with Gasteiger partial charge in [-0.05, 0) is 60.7 Å². The summed E-state index contributed by atoms with van der Waals surface area (Å²) in [5.41, 5.74) is 1.45. The van der Waals surface area contributed by atoms with Crippen LogP contribution in [0.4, 0.5) is 0 Å². The van der Waals surface area contributed by atoms with Gasteiger partial charge in [0.2, 0.25) is 15.9 Å². The second kappa shape index (κ2) is 10.7. The third-order valence-corrected chi connectivity index (χ3v) is 7.80. The first-order valence-electron chi connectivity index (χ1n) is 10.2. The van der Waals surface area contributed by atoms with E-state index in [4.69, 9.17) is 27.9 Å². The van der Waals surface area contributed by atoms with Crippen LogP contribution in [-0.2, 0) is 27.8 Å². The van der Waals surface area contributed by atoms with E-state index in [0.29, 0.717) is 40.9 Å². The number of benzene rings is 2. The van der Waals surface area contributed by atoms with Crippen LogP contribution in [-0.4, -0.2) is 38.8 Å². The Kier molecular flexibility index (Phi) is 8.22. The van der Waals surface area contributed by atoms with Gasteiger partial charge < -0.3 is 10.1 Å². The van der Waals surface area contributed by atoms with Crippen LogP contribution in [0.15, 0.2) is 41.3 Å². The van der Waals surface area contributed by atoms with Crippen LogP contribution in [0.25, 0.3) is 0 Å². The van der Waals surface area contributed by atoms with Crippen molar-refractivity contribution in [3.8, 4) is 5.75 Å². The van der Waals surface area contributed by atoms with Gasteiger partial charge in [0.1, 0.15) is 5.75 Å². The molecule has 0 atom stereocenters. The Morgan fingerprint density at radius 3 is 2.48 bits per heavy atom. The van der Waals surface area contributed by atoms with Crippen molar-refractivity contribution < 1.29 is 17.9 Å². The molecule has 9 heteroatoms. The van der Waals surface area contributed by atoms with Gasteiger partial charge in [0.25, 0.3) is 0 Å². The third kappa shape index (κ3) is 6.13. The van der Waals surface area contributed by atoms with Gasteiger partial charge in [-0.3, -0.25) is 4.79 Å². The number of aryl methyl sites for hydroxylation is 1. The number of rotatable bonds is 8. The second-order valence-electron chi connectivity index (χ2n) is 7.45. The molecule has 2 aromatic rings. The predicted molar refractivity (Wildman–Crippen MR) is 122 cm³/mol. The number of carbonyl (C=O) groups excluding carboxylic acids is 1. The highest BCUT2D eigenvalue weighted by molar-refractivity contribution is 7.89. The minimum absolute atomic E-state index is 0.169. The molecule has 3 rings (SSSR count). The molecule has 0 radical (unpaired) electrons. The standard InChI is InChI=1S/C22H26Cl2N2O4S/c1-30-21-9-8-19(31(28,29)26-11-3-2-4-12-26)13-16(21)6-10-22(27)25-15-17-5-7-18(23)14-20(17)24/h5,7-9,13-14H,2-4,6,10-12,15H2,1H3,(H,25,27). The van der Waals surface area contributed by atoms with Crippen LogP contribution in [0.2, 0.25) is 10.0 Å². The van der Waals surface area contributed by atoms with Crippen molar-refractivity contribution in [3.05, 3.63) is 57.6 Å². The number of hydrogen-bond acceptors (Lipinski definition) is 4. The molecule has 1 amide bonds. The van der Waals surface area contributed by atoms with Crippen molar-refractivity contribution in [2.75, 3.05) is 20.2 Å². The van der Waals surface area contributed by atoms with Gasteiger partial charge in [-0.2, -0.15) is 4.31 Å². The summed E-state index contributed by atoms with van der Waals surface area (Å²) in [7, 11) is -2.02. The molecule has 6 nitrogen and oxygen atoms in total. The Morgan fingerprint density at radius 2 is 1.81 bits per heavy atom. The monoisotopic (exact) mass is 484 g/mol. The van der Waals surface area contributed by atoms with Crippen LogP contribution in [0, 0.1) is 0 Å². The maximum absolute atomic E-state index is 13.0. The quantitative estimate of drug-likeness (QED) is 0.601. The van der Waals surface area contributed by atoms with Crippen LogP contribution >= 0.6 is 23.2 Å². The van der Waals surface area contributed by atoms with E-state index in [9.17, 15) is 13.2 Å². The summed E-state index contributed by atoms with van der Waals surface area (Å²) >= 11 is 12.0. The highest BCUT2D eigenvalue weighted by atomic mass is 35.5. The van der Waals surface area contributed by atoms with E-state index >= 15 is 0 Å². The summed E-state index contributed by atoms with van der Waals surface area (Å²) in [4.78, 5) is 12.6. The van der Waals surface area contributed by atoms with E-state index in [1.54, 1.807) is 36.4 Å². The zero-order valence-corrected chi connectivity index (χ0v) is 19.7. The number of amides is 1. The van der Waals surface area contributed by atoms with Gasteiger partial charge >= 0.3 is 0 Å². The fraction of sp³-hybridized carbons (Fsp3) is 0.409. The molecule has 168 valence electrons. The summed E-state index contributed by atoms with van der Waals surface area (Å²) in [6, 6.07) is 9.94. The van der Waals surface area contributed by atoms with Crippen LogP contribution < -0.4 is 10.1 Å². The Morgan fingerprint density at radius 1 is 1.06 bits per heavy atom. The lowest BCUT2D eigenvalue weighted by molar-refractivity contribution is -0.121. The summed E-state index contributed by atoms with van der Waals surface area (Å²) in [5.74, 6) is 0.392. The van der Waals surface area contributed by atoms with Crippen molar-refractivity contribution >= 4 is 39.1 Å². The zero-order valence-electron chi connectivity index (χ0n) is 17.4. The Bertz CT molecular complexity index is 1040. The minimum atomic E-state index is -3.55. The molecular weight excluding hydrogens is 459 g/mol. The molecular formula is C22H26Cl2N2O4S. The maximum atomic E-state index is 13.0. The predicted octanol–water partition coefficient (Wildman–Crippen LogP) is 4.43. The Labute approximate surface area is 193 Å². The molecule has 2 aromatic carbocycles. The summed E-state index contributed by atoms with van der Waals surface area (Å²) < 4.78 is 32.9. The molecule has 1 aliphatic heterocycles. The molecule has 31 heavy (non-hydrogen) atoms. The van der Waals surface area contributed by atoms with E-state index in [1.165, 1.54) is 11.4 Å². The number of methoxy groups -OCH3 is 1. The number of hydrogen-bond donors (Lipinski definition) is 1. The van der Waals surface area contributed by atoms with Gasteiger partial charge in [0, 0.05) is 36.1 Å². The lowest BCUT2D eigenvalue weighted by Gasteiger charge is -2.26. The lowest BCUT2D eigenvalue weighted by atomic mass is 10.1. The van der Waals surface area contributed by atoms with Crippen molar-refractivity contribution in [2.24, 2.45) is 0 Å². The number of nitrogens with one attached hydrogen (secondary N) is 1. The maximum Gasteiger partial charge on any atom is 0.243 e. The lowest BCUT2D eigenvalue weighted by Crippen LogP contribution is -2.35.